The van der Waals surface area contributed by atoms with E-state index < -0.39 is 0 Å². The number of piperidine rings is 1. The summed E-state index contributed by atoms with van der Waals surface area (Å²) < 4.78 is 6.47. The van der Waals surface area contributed by atoms with E-state index in [1.165, 1.54) is 6.08 Å². The molecule has 1 aliphatic carbocycles. The zero-order valence-corrected chi connectivity index (χ0v) is 22.6. The van der Waals surface area contributed by atoms with E-state index in [0.29, 0.717) is 30.2 Å². The normalized spacial score (nSPS) is 39.8. The highest BCUT2D eigenvalue weighted by atomic mass is 16.5. The number of amides is 1. The van der Waals surface area contributed by atoms with Crippen LogP contribution in [0.4, 0.5) is 0 Å². The fourth-order valence-corrected chi connectivity index (χ4v) is 7.05. The second-order valence-electron chi connectivity index (χ2n) is 11.6. The van der Waals surface area contributed by atoms with Gasteiger partial charge >= 0.3 is 0 Å². The van der Waals surface area contributed by atoms with Gasteiger partial charge in [0.25, 0.3) is 0 Å². The summed E-state index contributed by atoms with van der Waals surface area (Å²) >= 11 is 0. The van der Waals surface area contributed by atoms with Crippen molar-refractivity contribution in [3.05, 3.63) is 36.8 Å². The van der Waals surface area contributed by atoms with E-state index in [1.54, 1.807) is 0 Å². The van der Waals surface area contributed by atoms with E-state index in [-0.39, 0.29) is 24.3 Å². The molecular formula is C27H45N9O2. The molecule has 0 radical (unpaired) electrons. The number of hydrogen-bond acceptors (Lipinski definition) is 10. The maximum Gasteiger partial charge on any atom is 0.246 e. The molecule has 0 bridgehead atoms. The van der Waals surface area contributed by atoms with Crippen molar-refractivity contribution < 1.29 is 9.53 Å². The van der Waals surface area contributed by atoms with Gasteiger partial charge in [0.1, 0.15) is 18.0 Å². The van der Waals surface area contributed by atoms with E-state index in [4.69, 9.17) is 4.74 Å². The van der Waals surface area contributed by atoms with Gasteiger partial charge in [0.05, 0.1) is 25.0 Å². The number of rotatable bonds is 6. The molecule has 210 valence electrons. The van der Waals surface area contributed by atoms with Crippen molar-refractivity contribution in [3.8, 4) is 0 Å². The fraction of sp³-hybridized carbons (Fsp3) is 0.741. The van der Waals surface area contributed by atoms with E-state index in [0.717, 1.165) is 77.4 Å². The fourth-order valence-electron chi connectivity index (χ4n) is 7.05. The summed E-state index contributed by atoms with van der Waals surface area (Å²) in [7, 11) is 0. The number of nitrogens with one attached hydrogen (secondary N) is 6. The molecule has 5 heterocycles. The van der Waals surface area contributed by atoms with E-state index in [1.807, 2.05) is 4.90 Å². The molecule has 1 amide bonds. The van der Waals surface area contributed by atoms with Gasteiger partial charge in [0, 0.05) is 51.1 Å². The molecule has 38 heavy (non-hydrogen) atoms. The molecule has 11 heteroatoms. The first-order chi connectivity index (χ1) is 18.6. The van der Waals surface area contributed by atoms with Crippen molar-refractivity contribution in [2.45, 2.75) is 81.8 Å². The van der Waals surface area contributed by atoms with Crippen LogP contribution >= 0.6 is 0 Å². The Morgan fingerprint density at radius 2 is 1.97 bits per heavy atom. The molecule has 5 aliphatic heterocycles. The minimum Gasteiger partial charge on any atom is -0.490 e. The standard InChI is InChI=1S/C27H45N9O2/c1-3-25(37)35-12-10-34(11-13-35)23-7-5-21-26(33-23)27(30-16-28-21)32-19-4-6-22(18(2)14-19)38-20-8-9-36-24(15-20)29-17-31-36/h3,8-9,15,18-19,21-24,26-33H,1,4-7,10-14,16-17H2,2H3. The molecule has 8 unspecified atom stereocenters. The first kappa shape index (κ1) is 26.2. The number of fused-ring (bicyclic) bond motifs is 2. The number of nitrogens with zero attached hydrogens (tertiary/aromatic N) is 3. The van der Waals surface area contributed by atoms with Crippen LogP contribution in [0.1, 0.15) is 39.0 Å². The summed E-state index contributed by atoms with van der Waals surface area (Å²) in [5.41, 5.74) is 3.28. The van der Waals surface area contributed by atoms with Gasteiger partial charge in [-0.2, -0.15) is 0 Å². The topological polar surface area (TPSA) is 108 Å². The Balaban J connectivity index is 1.00. The SMILES string of the molecule is C=CC(=O)N1CCN(C2CCC3NCNC(NC4CCC(OC5=CC6NCNN6C=C5)C(C)C4)C3N2)CC1. The van der Waals surface area contributed by atoms with Gasteiger partial charge in [-0.3, -0.25) is 41.3 Å². The smallest absolute Gasteiger partial charge is 0.246 e. The molecule has 0 aromatic heterocycles. The Bertz CT molecular complexity index is 920. The Hall–Kier alpha value is -1.99. The van der Waals surface area contributed by atoms with Crippen LogP contribution in [0.15, 0.2) is 36.8 Å². The average Bonchev–Trinajstić information content (AvgIpc) is 3.42. The summed E-state index contributed by atoms with van der Waals surface area (Å²) in [5, 5.41) is 20.8. The molecule has 1 saturated carbocycles. The lowest BCUT2D eigenvalue weighted by molar-refractivity contribution is -0.128. The lowest BCUT2D eigenvalue weighted by Crippen LogP contribution is -2.75. The number of ether oxygens (including phenoxy) is 1. The number of carbonyl (C=O) groups excluding carboxylic acids is 1. The van der Waals surface area contributed by atoms with Crippen LogP contribution in [0, 0.1) is 5.92 Å². The highest BCUT2D eigenvalue weighted by molar-refractivity contribution is 5.87. The molecule has 4 saturated heterocycles. The Morgan fingerprint density at radius 3 is 2.79 bits per heavy atom. The molecule has 8 atom stereocenters. The second-order valence-corrected chi connectivity index (χ2v) is 11.6. The molecule has 6 aliphatic rings. The predicted molar refractivity (Wildman–Crippen MR) is 146 cm³/mol. The Kier molecular flexibility index (Phi) is 8.03. The minimum atomic E-state index is 0.0438. The molecular weight excluding hydrogens is 482 g/mol. The summed E-state index contributed by atoms with van der Waals surface area (Å²) in [6.45, 7) is 11.0. The van der Waals surface area contributed by atoms with E-state index >= 15 is 0 Å². The highest BCUT2D eigenvalue weighted by Crippen LogP contribution is 2.31. The van der Waals surface area contributed by atoms with Gasteiger partial charge in [-0.05, 0) is 56.3 Å². The first-order valence-corrected chi connectivity index (χ1v) is 14.5. The van der Waals surface area contributed by atoms with Crippen LogP contribution < -0.4 is 32.0 Å². The van der Waals surface area contributed by atoms with E-state index in [9.17, 15) is 4.79 Å². The van der Waals surface area contributed by atoms with Crippen LogP contribution in [0.25, 0.3) is 0 Å². The van der Waals surface area contributed by atoms with Crippen LogP contribution in [-0.4, -0.2) is 103 Å². The maximum atomic E-state index is 12.0. The quantitative estimate of drug-likeness (QED) is 0.253. The summed E-state index contributed by atoms with van der Waals surface area (Å²) in [5.74, 6) is 1.51. The van der Waals surface area contributed by atoms with Gasteiger partial charge in [-0.15, -0.1) is 0 Å². The summed E-state index contributed by atoms with van der Waals surface area (Å²) in [6.07, 6.45) is 14.3. The minimum absolute atomic E-state index is 0.0438. The van der Waals surface area contributed by atoms with E-state index in [2.05, 4.69) is 73.8 Å². The molecule has 11 nitrogen and oxygen atoms in total. The zero-order chi connectivity index (χ0) is 26.1. The molecule has 0 aromatic carbocycles. The zero-order valence-electron chi connectivity index (χ0n) is 22.6. The summed E-state index contributed by atoms with van der Waals surface area (Å²) in [4.78, 5) is 16.4. The second kappa shape index (κ2) is 11.6. The number of hydrogen-bond donors (Lipinski definition) is 6. The van der Waals surface area contributed by atoms with Crippen molar-refractivity contribution in [2.24, 2.45) is 5.92 Å². The van der Waals surface area contributed by atoms with Crippen molar-refractivity contribution in [1.82, 2.24) is 46.8 Å². The van der Waals surface area contributed by atoms with Crippen molar-refractivity contribution >= 4 is 5.91 Å². The first-order valence-electron chi connectivity index (χ1n) is 14.5. The largest absolute Gasteiger partial charge is 0.490 e. The monoisotopic (exact) mass is 527 g/mol. The van der Waals surface area contributed by atoms with Gasteiger partial charge in [0.15, 0.2) is 0 Å². The number of allylic oxidation sites excluding steroid dienone is 1. The highest BCUT2D eigenvalue weighted by Gasteiger charge is 2.41. The van der Waals surface area contributed by atoms with Crippen LogP contribution in [0.2, 0.25) is 0 Å². The number of piperazine rings is 1. The Labute approximate surface area is 226 Å². The van der Waals surface area contributed by atoms with Crippen molar-refractivity contribution in [2.75, 3.05) is 39.5 Å². The molecule has 5 fully saturated rings. The lowest BCUT2D eigenvalue weighted by atomic mass is 9.83. The van der Waals surface area contributed by atoms with Gasteiger partial charge < -0.3 is 9.64 Å². The molecule has 6 N–H and O–H groups in total. The van der Waals surface area contributed by atoms with Gasteiger partial charge in [-0.1, -0.05) is 13.5 Å². The summed E-state index contributed by atoms with van der Waals surface area (Å²) in [6, 6.07) is 1.27. The van der Waals surface area contributed by atoms with Gasteiger partial charge in [0.2, 0.25) is 5.91 Å². The number of carbonyl (C=O) groups is 1. The predicted octanol–water partition coefficient (Wildman–Crippen LogP) is -0.492. The third kappa shape index (κ3) is 5.65. The van der Waals surface area contributed by atoms with Gasteiger partial charge in [-0.25, -0.2) is 5.43 Å². The van der Waals surface area contributed by atoms with Crippen molar-refractivity contribution in [3.63, 3.8) is 0 Å². The maximum absolute atomic E-state index is 12.0. The molecule has 6 rings (SSSR count). The molecule has 0 spiro atoms. The van der Waals surface area contributed by atoms with Crippen LogP contribution in [-0.2, 0) is 9.53 Å². The number of hydrazine groups is 1. The van der Waals surface area contributed by atoms with Crippen LogP contribution in [0.3, 0.4) is 0 Å². The Morgan fingerprint density at radius 1 is 1.11 bits per heavy atom. The van der Waals surface area contributed by atoms with Crippen LogP contribution in [0.5, 0.6) is 0 Å². The molecule has 0 aromatic rings. The van der Waals surface area contributed by atoms with Crippen molar-refractivity contribution in [1.29, 1.82) is 0 Å². The average molecular weight is 528 g/mol. The third-order valence-electron chi connectivity index (χ3n) is 9.24. The lowest BCUT2D eigenvalue weighted by Gasteiger charge is -2.50. The third-order valence-corrected chi connectivity index (χ3v) is 9.24.